The van der Waals surface area contributed by atoms with Crippen LogP contribution in [0.5, 0.6) is 11.6 Å². The molecule has 0 saturated heterocycles. The number of alkyl halides is 3. The fourth-order valence-electron chi connectivity index (χ4n) is 3.76. The van der Waals surface area contributed by atoms with Crippen molar-refractivity contribution >= 4 is 23.0 Å². The van der Waals surface area contributed by atoms with Gasteiger partial charge in [-0.15, -0.1) is 0 Å². The van der Waals surface area contributed by atoms with Crippen LogP contribution in [0.4, 0.5) is 30.2 Å². The molecule has 3 aromatic rings. The summed E-state index contributed by atoms with van der Waals surface area (Å²) in [5.41, 5.74) is 1.26. The lowest BCUT2D eigenvalue weighted by molar-refractivity contribution is -0.137. The van der Waals surface area contributed by atoms with Crippen LogP contribution in [0.15, 0.2) is 54.6 Å². The summed E-state index contributed by atoms with van der Waals surface area (Å²) in [4.78, 5) is 20.8. The summed E-state index contributed by atoms with van der Waals surface area (Å²) in [7, 11) is 1.50. The molecule has 6 nitrogen and oxygen atoms in total. The van der Waals surface area contributed by atoms with Crippen LogP contribution < -0.4 is 19.3 Å². The molecular formula is C24H22F3N3O3. The van der Waals surface area contributed by atoms with Gasteiger partial charge in [0, 0.05) is 11.8 Å². The number of carbonyl (C=O) groups excluding carboxylic acids is 1. The smallest absolute Gasteiger partial charge is 0.416 e. The molecular weight excluding hydrogens is 435 g/mol. The molecule has 1 aliphatic rings. The number of carbonyl (C=O) groups is 1. The molecule has 0 fully saturated rings. The maximum Gasteiger partial charge on any atom is 0.416 e. The van der Waals surface area contributed by atoms with Gasteiger partial charge in [0.25, 0.3) is 5.91 Å². The molecule has 0 spiro atoms. The van der Waals surface area contributed by atoms with Gasteiger partial charge in [0.1, 0.15) is 12.4 Å². The Morgan fingerprint density at radius 3 is 2.33 bits per heavy atom. The number of ether oxygens (including phenoxy) is 2. The molecule has 33 heavy (non-hydrogen) atoms. The number of methoxy groups -OCH3 is 1. The molecule has 0 unspecified atom stereocenters. The van der Waals surface area contributed by atoms with E-state index in [1.54, 1.807) is 48.2 Å². The summed E-state index contributed by atoms with van der Waals surface area (Å²) < 4.78 is 50.9. The summed E-state index contributed by atoms with van der Waals surface area (Å²) in [5.74, 6) is 0.640. The van der Waals surface area contributed by atoms with Gasteiger partial charge in [-0.2, -0.15) is 13.2 Å². The van der Waals surface area contributed by atoms with Crippen LogP contribution in [0.2, 0.25) is 0 Å². The van der Waals surface area contributed by atoms with E-state index in [2.05, 4.69) is 4.98 Å². The Morgan fingerprint density at radius 1 is 1.00 bits per heavy atom. The summed E-state index contributed by atoms with van der Waals surface area (Å²) in [6.07, 6.45) is -4.53. The van der Waals surface area contributed by atoms with Gasteiger partial charge in [-0.25, -0.2) is 4.98 Å². The van der Waals surface area contributed by atoms with Crippen LogP contribution >= 0.6 is 0 Å². The number of fused-ring (bicyclic) bond motifs is 1. The second-order valence-corrected chi connectivity index (χ2v) is 7.42. The minimum Gasteiger partial charge on any atom is -0.494 e. The zero-order valence-corrected chi connectivity index (χ0v) is 18.3. The summed E-state index contributed by atoms with van der Waals surface area (Å²) >= 11 is 0. The third kappa shape index (κ3) is 4.30. The maximum absolute atomic E-state index is 13.4. The molecule has 1 aromatic heterocycles. The SMILES string of the molecule is CCOc1ccc(N2CN(c3ccc(OC)nc3C)C(=O)c3ccc(C(F)(F)F)cc32)cc1. The van der Waals surface area contributed by atoms with E-state index in [4.69, 9.17) is 9.47 Å². The van der Waals surface area contributed by atoms with Crippen molar-refractivity contribution in [3.8, 4) is 11.6 Å². The van der Waals surface area contributed by atoms with Gasteiger partial charge in [0.2, 0.25) is 5.88 Å². The van der Waals surface area contributed by atoms with Crippen LogP contribution in [-0.2, 0) is 6.18 Å². The van der Waals surface area contributed by atoms with E-state index in [1.165, 1.54) is 18.1 Å². The molecule has 2 aromatic carbocycles. The lowest BCUT2D eigenvalue weighted by Gasteiger charge is -2.38. The van der Waals surface area contributed by atoms with Crippen LogP contribution in [0, 0.1) is 6.92 Å². The number of hydrogen-bond donors (Lipinski definition) is 0. The highest BCUT2D eigenvalue weighted by atomic mass is 19.4. The molecule has 0 aliphatic carbocycles. The van der Waals surface area contributed by atoms with Gasteiger partial charge >= 0.3 is 6.18 Å². The first-order valence-electron chi connectivity index (χ1n) is 10.3. The molecule has 2 heterocycles. The number of aryl methyl sites for hydroxylation is 1. The molecule has 172 valence electrons. The van der Waals surface area contributed by atoms with Gasteiger partial charge in [0.05, 0.1) is 41.9 Å². The fourth-order valence-corrected chi connectivity index (χ4v) is 3.76. The maximum atomic E-state index is 13.4. The van der Waals surface area contributed by atoms with Crippen LogP contribution in [0.3, 0.4) is 0 Å². The number of amides is 1. The molecule has 1 aliphatic heterocycles. The first kappa shape index (κ1) is 22.4. The Balaban J connectivity index is 1.83. The van der Waals surface area contributed by atoms with Crippen molar-refractivity contribution in [2.45, 2.75) is 20.0 Å². The van der Waals surface area contributed by atoms with Crippen molar-refractivity contribution in [3.63, 3.8) is 0 Å². The molecule has 0 atom stereocenters. The standard InChI is InChI=1S/C24H22F3N3O3/c1-4-33-18-8-6-17(7-9-18)29-14-30(20-11-12-22(32-3)28-15(20)2)23(31)19-10-5-16(13-21(19)29)24(25,26)27/h5-13H,4,14H2,1-3H3. The Labute approximate surface area is 189 Å². The highest BCUT2D eigenvalue weighted by molar-refractivity contribution is 6.12. The van der Waals surface area contributed by atoms with Crippen molar-refractivity contribution in [3.05, 3.63) is 71.4 Å². The van der Waals surface area contributed by atoms with Crippen LogP contribution in [-0.4, -0.2) is 31.3 Å². The van der Waals surface area contributed by atoms with E-state index in [-0.39, 0.29) is 17.9 Å². The quantitative estimate of drug-likeness (QED) is 0.501. The van der Waals surface area contributed by atoms with E-state index >= 15 is 0 Å². The molecule has 1 amide bonds. The van der Waals surface area contributed by atoms with Gasteiger partial charge in [-0.05, 0) is 62.4 Å². The third-order valence-electron chi connectivity index (χ3n) is 5.37. The average molecular weight is 457 g/mol. The first-order valence-corrected chi connectivity index (χ1v) is 10.3. The Bertz CT molecular complexity index is 1180. The van der Waals surface area contributed by atoms with Crippen LogP contribution in [0.1, 0.15) is 28.5 Å². The van der Waals surface area contributed by atoms with Gasteiger partial charge in [0.15, 0.2) is 0 Å². The van der Waals surface area contributed by atoms with Crippen molar-refractivity contribution in [1.82, 2.24) is 4.98 Å². The lowest BCUT2D eigenvalue weighted by atomic mass is 10.0. The number of halogens is 3. The minimum absolute atomic E-state index is 0.00990. The monoisotopic (exact) mass is 457 g/mol. The van der Waals surface area contributed by atoms with Crippen LogP contribution in [0.25, 0.3) is 0 Å². The van der Waals surface area contributed by atoms with Gasteiger partial charge in [-0.1, -0.05) is 0 Å². The minimum atomic E-state index is -4.53. The third-order valence-corrected chi connectivity index (χ3v) is 5.37. The average Bonchev–Trinajstić information content (AvgIpc) is 2.80. The number of anilines is 3. The highest BCUT2D eigenvalue weighted by Crippen LogP contribution is 2.40. The second kappa shape index (κ2) is 8.65. The lowest BCUT2D eigenvalue weighted by Crippen LogP contribution is -2.45. The predicted octanol–water partition coefficient (Wildman–Crippen LogP) is 5.57. The van der Waals surface area contributed by atoms with Crippen molar-refractivity contribution in [2.24, 2.45) is 0 Å². The van der Waals surface area contributed by atoms with E-state index in [9.17, 15) is 18.0 Å². The number of benzene rings is 2. The predicted molar refractivity (Wildman–Crippen MR) is 118 cm³/mol. The largest absolute Gasteiger partial charge is 0.494 e. The van der Waals surface area contributed by atoms with Crippen molar-refractivity contribution in [1.29, 1.82) is 0 Å². The zero-order valence-electron chi connectivity index (χ0n) is 18.3. The molecule has 9 heteroatoms. The van der Waals surface area contributed by atoms with Gasteiger partial charge < -0.3 is 14.4 Å². The Hall–Kier alpha value is -3.75. The molecule has 0 saturated carbocycles. The van der Waals surface area contributed by atoms with Crippen molar-refractivity contribution < 1.29 is 27.4 Å². The summed E-state index contributed by atoms with van der Waals surface area (Å²) in [6, 6.07) is 13.5. The molecule has 0 bridgehead atoms. The Morgan fingerprint density at radius 2 is 1.73 bits per heavy atom. The second-order valence-electron chi connectivity index (χ2n) is 7.42. The van der Waals surface area contributed by atoms with E-state index in [1.807, 2.05) is 6.92 Å². The van der Waals surface area contributed by atoms with E-state index in [0.29, 0.717) is 35.3 Å². The zero-order chi connectivity index (χ0) is 23.8. The molecule has 0 radical (unpaired) electrons. The molecule has 0 N–H and O–H groups in total. The van der Waals surface area contributed by atoms with E-state index in [0.717, 1.165) is 12.1 Å². The van der Waals surface area contributed by atoms with E-state index < -0.39 is 17.6 Å². The number of rotatable bonds is 5. The number of nitrogens with zero attached hydrogens (tertiary/aromatic N) is 3. The summed E-state index contributed by atoms with van der Waals surface area (Å²) in [6.45, 7) is 4.11. The first-order chi connectivity index (χ1) is 15.7. The normalized spacial score (nSPS) is 13.7. The molecule has 4 rings (SSSR count). The highest BCUT2D eigenvalue weighted by Gasteiger charge is 2.36. The summed E-state index contributed by atoms with van der Waals surface area (Å²) in [5, 5.41) is 0. The number of aromatic nitrogens is 1. The van der Waals surface area contributed by atoms with Crippen molar-refractivity contribution in [2.75, 3.05) is 30.2 Å². The topological polar surface area (TPSA) is 54.9 Å². The Kier molecular flexibility index (Phi) is 5.88. The fraction of sp³-hybridized carbons (Fsp3) is 0.250. The van der Waals surface area contributed by atoms with Gasteiger partial charge in [-0.3, -0.25) is 9.69 Å². The number of hydrogen-bond acceptors (Lipinski definition) is 5. The number of pyridine rings is 1.